The number of nitrogens with zero attached hydrogens (tertiary/aromatic N) is 2. The van der Waals surface area contributed by atoms with Gasteiger partial charge in [0, 0.05) is 23.6 Å². The molecule has 3 rings (SSSR count). The summed E-state index contributed by atoms with van der Waals surface area (Å²) in [6.07, 6.45) is 2.72. The van der Waals surface area contributed by atoms with E-state index >= 15 is 0 Å². The second-order valence-electron chi connectivity index (χ2n) is 5.69. The molecule has 0 spiro atoms. The number of pyridine rings is 1. The molecule has 4 nitrogen and oxygen atoms in total. The molecule has 1 N–H and O–H groups in total. The standard InChI is InChI=1S/C19H21N3O/c1-3-12-22-17-10-5-4-8-15(17)13-18(22)19(23)21-14(2)16-9-6-7-11-20-16/h4-11,13-14H,3,12H2,1-2H3,(H,21,23). The molecule has 0 aliphatic rings. The maximum atomic E-state index is 12.7. The van der Waals surface area contributed by atoms with Crippen molar-refractivity contribution in [2.75, 3.05) is 0 Å². The molecule has 0 saturated heterocycles. The predicted octanol–water partition coefficient (Wildman–Crippen LogP) is 3.94. The van der Waals surface area contributed by atoms with Crippen LogP contribution in [-0.2, 0) is 6.54 Å². The number of carbonyl (C=O) groups excluding carboxylic acids is 1. The van der Waals surface area contributed by atoms with Crippen LogP contribution in [0.1, 0.15) is 42.5 Å². The zero-order valence-electron chi connectivity index (χ0n) is 13.5. The van der Waals surface area contributed by atoms with Gasteiger partial charge in [-0.25, -0.2) is 0 Å². The summed E-state index contributed by atoms with van der Waals surface area (Å²) in [5, 5.41) is 4.14. The molecule has 1 aromatic carbocycles. The summed E-state index contributed by atoms with van der Waals surface area (Å²) >= 11 is 0. The van der Waals surface area contributed by atoms with E-state index in [4.69, 9.17) is 0 Å². The fourth-order valence-corrected chi connectivity index (χ4v) is 2.84. The molecule has 118 valence electrons. The van der Waals surface area contributed by atoms with Crippen molar-refractivity contribution in [1.29, 1.82) is 0 Å². The van der Waals surface area contributed by atoms with E-state index in [1.165, 1.54) is 0 Å². The van der Waals surface area contributed by atoms with Crippen LogP contribution in [-0.4, -0.2) is 15.5 Å². The lowest BCUT2D eigenvalue weighted by atomic mass is 10.2. The van der Waals surface area contributed by atoms with E-state index in [0.717, 1.165) is 29.6 Å². The van der Waals surface area contributed by atoms with Crippen molar-refractivity contribution in [3.63, 3.8) is 0 Å². The number of hydrogen-bond donors (Lipinski definition) is 1. The topological polar surface area (TPSA) is 46.9 Å². The average molecular weight is 307 g/mol. The van der Waals surface area contributed by atoms with E-state index in [0.29, 0.717) is 5.69 Å². The van der Waals surface area contributed by atoms with E-state index in [1.807, 2.05) is 49.4 Å². The van der Waals surface area contributed by atoms with Crippen LogP contribution >= 0.6 is 0 Å². The lowest BCUT2D eigenvalue weighted by Gasteiger charge is -2.15. The van der Waals surface area contributed by atoms with Crippen LogP contribution in [0.15, 0.2) is 54.7 Å². The van der Waals surface area contributed by atoms with Gasteiger partial charge in [-0.2, -0.15) is 0 Å². The quantitative estimate of drug-likeness (QED) is 0.776. The number of nitrogens with one attached hydrogen (secondary N) is 1. The Morgan fingerprint density at radius 2 is 2.00 bits per heavy atom. The van der Waals surface area contributed by atoms with Crippen molar-refractivity contribution >= 4 is 16.8 Å². The molecule has 1 amide bonds. The fraction of sp³-hybridized carbons (Fsp3) is 0.263. The monoisotopic (exact) mass is 307 g/mol. The summed E-state index contributed by atoms with van der Waals surface area (Å²) in [6.45, 7) is 4.90. The van der Waals surface area contributed by atoms with E-state index in [-0.39, 0.29) is 11.9 Å². The Hall–Kier alpha value is -2.62. The molecule has 3 aromatic rings. The molecular weight excluding hydrogens is 286 g/mol. The zero-order valence-corrected chi connectivity index (χ0v) is 13.5. The molecule has 0 radical (unpaired) electrons. The Bertz CT molecular complexity index is 808. The predicted molar refractivity (Wildman–Crippen MR) is 92.3 cm³/mol. The third-order valence-corrected chi connectivity index (χ3v) is 3.97. The van der Waals surface area contributed by atoms with Gasteiger partial charge in [-0.1, -0.05) is 31.2 Å². The number of fused-ring (bicyclic) bond motifs is 1. The summed E-state index contributed by atoms with van der Waals surface area (Å²) in [6, 6.07) is 15.7. The highest BCUT2D eigenvalue weighted by Crippen LogP contribution is 2.21. The smallest absolute Gasteiger partial charge is 0.268 e. The van der Waals surface area contributed by atoms with Crippen molar-refractivity contribution in [3.8, 4) is 0 Å². The van der Waals surface area contributed by atoms with Crippen LogP contribution in [0.5, 0.6) is 0 Å². The number of hydrogen-bond acceptors (Lipinski definition) is 2. The lowest BCUT2D eigenvalue weighted by molar-refractivity contribution is 0.0930. The highest BCUT2D eigenvalue weighted by molar-refractivity contribution is 5.98. The first kappa shape index (κ1) is 15.3. The van der Waals surface area contributed by atoms with Crippen LogP contribution in [0.2, 0.25) is 0 Å². The van der Waals surface area contributed by atoms with Gasteiger partial charge >= 0.3 is 0 Å². The molecule has 0 aliphatic heterocycles. The van der Waals surface area contributed by atoms with E-state index in [9.17, 15) is 4.79 Å². The van der Waals surface area contributed by atoms with Crippen molar-refractivity contribution in [2.24, 2.45) is 0 Å². The minimum Gasteiger partial charge on any atom is -0.343 e. The molecule has 1 atom stereocenters. The van der Waals surface area contributed by atoms with E-state index in [2.05, 4.69) is 27.9 Å². The highest BCUT2D eigenvalue weighted by Gasteiger charge is 2.17. The van der Waals surface area contributed by atoms with Gasteiger partial charge in [0.05, 0.1) is 11.7 Å². The van der Waals surface area contributed by atoms with Gasteiger partial charge in [0.25, 0.3) is 5.91 Å². The first-order chi connectivity index (χ1) is 11.2. The SMILES string of the molecule is CCCn1c(C(=O)NC(C)c2ccccn2)cc2ccccc21. The van der Waals surface area contributed by atoms with Crippen LogP contribution < -0.4 is 5.32 Å². The molecular formula is C19H21N3O. The second kappa shape index (κ2) is 6.65. The van der Waals surface area contributed by atoms with Gasteiger partial charge in [0.1, 0.15) is 5.69 Å². The van der Waals surface area contributed by atoms with E-state index in [1.54, 1.807) is 6.20 Å². The highest BCUT2D eigenvalue weighted by atomic mass is 16.2. The summed E-state index contributed by atoms with van der Waals surface area (Å²) in [5.74, 6) is -0.0622. The van der Waals surface area contributed by atoms with Crippen LogP contribution in [0.4, 0.5) is 0 Å². The van der Waals surface area contributed by atoms with Gasteiger partial charge in [-0.3, -0.25) is 9.78 Å². The van der Waals surface area contributed by atoms with Crippen LogP contribution in [0.25, 0.3) is 10.9 Å². The van der Waals surface area contributed by atoms with E-state index < -0.39 is 0 Å². The average Bonchev–Trinajstić information content (AvgIpc) is 2.95. The molecule has 0 fully saturated rings. The minimum absolute atomic E-state index is 0.0622. The van der Waals surface area contributed by atoms with Crippen LogP contribution in [0.3, 0.4) is 0 Å². The van der Waals surface area contributed by atoms with Crippen molar-refractivity contribution in [3.05, 3.63) is 66.1 Å². The maximum Gasteiger partial charge on any atom is 0.268 e. The summed E-state index contributed by atoms with van der Waals surface area (Å²) < 4.78 is 2.09. The number of amides is 1. The van der Waals surface area contributed by atoms with Gasteiger partial charge in [0.15, 0.2) is 0 Å². The lowest BCUT2D eigenvalue weighted by Crippen LogP contribution is -2.29. The Kier molecular flexibility index (Phi) is 4.42. The molecule has 4 heteroatoms. The molecule has 23 heavy (non-hydrogen) atoms. The van der Waals surface area contributed by atoms with Crippen molar-refractivity contribution in [2.45, 2.75) is 32.9 Å². The third kappa shape index (κ3) is 3.11. The summed E-state index contributed by atoms with van der Waals surface area (Å²) in [7, 11) is 0. The normalized spacial score (nSPS) is 12.3. The zero-order chi connectivity index (χ0) is 16.2. The molecule has 0 bridgehead atoms. The van der Waals surface area contributed by atoms with Gasteiger partial charge in [-0.15, -0.1) is 0 Å². The molecule has 2 aromatic heterocycles. The fourth-order valence-electron chi connectivity index (χ4n) is 2.84. The largest absolute Gasteiger partial charge is 0.343 e. The number of rotatable bonds is 5. The molecule has 2 heterocycles. The first-order valence-electron chi connectivity index (χ1n) is 8.00. The molecule has 0 aliphatic carbocycles. The number of benzene rings is 1. The summed E-state index contributed by atoms with van der Waals surface area (Å²) in [5.41, 5.74) is 2.67. The second-order valence-corrected chi connectivity index (χ2v) is 5.69. The minimum atomic E-state index is -0.128. The van der Waals surface area contributed by atoms with Crippen LogP contribution in [0, 0.1) is 0 Å². The number of aromatic nitrogens is 2. The Morgan fingerprint density at radius 3 is 2.74 bits per heavy atom. The molecule has 0 saturated carbocycles. The Balaban J connectivity index is 1.90. The number of carbonyl (C=O) groups is 1. The maximum absolute atomic E-state index is 12.7. The third-order valence-electron chi connectivity index (χ3n) is 3.97. The number of para-hydroxylation sites is 1. The van der Waals surface area contributed by atoms with Crippen molar-refractivity contribution in [1.82, 2.24) is 14.9 Å². The Morgan fingerprint density at radius 1 is 1.22 bits per heavy atom. The first-order valence-corrected chi connectivity index (χ1v) is 8.00. The van der Waals surface area contributed by atoms with Gasteiger partial charge in [-0.05, 0) is 37.6 Å². The van der Waals surface area contributed by atoms with Gasteiger partial charge in [0.2, 0.25) is 0 Å². The summed E-state index contributed by atoms with van der Waals surface area (Å²) in [4.78, 5) is 17.0. The van der Waals surface area contributed by atoms with Gasteiger partial charge < -0.3 is 9.88 Å². The number of aryl methyl sites for hydroxylation is 1. The Labute approximate surface area is 136 Å². The van der Waals surface area contributed by atoms with Crippen molar-refractivity contribution < 1.29 is 4.79 Å². The molecule has 1 unspecified atom stereocenters.